The second-order valence-corrected chi connectivity index (χ2v) is 9.01. The zero-order valence-electron chi connectivity index (χ0n) is 19.0. The molecule has 0 aliphatic heterocycles. The molecule has 0 bridgehead atoms. The third-order valence-corrected chi connectivity index (χ3v) is 5.21. The van der Waals surface area contributed by atoms with Gasteiger partial charge in [0.1, 0.15) is 5.60 Å². The summed E-state index contributed by atoms with van der Waals surface area (Å²) in [6.45, 7) is 9.72. The maximum absolute atomic E-state index is 11.6. The number of rotatable bonds is 19. The normalized spacial score (nSPS) is 13.3. The molecule has 162 valence electrons. The van der Waals surface area contributed by atoms with Crippen LogP contribution < -0.4 is 0 Å². The monoisotopic (exact) mass is 384 g/mol. The van der Waals surface area contributed by atoms with Gasteiger partial charge in [-0.25, -0.2) is 0 Å². The van der Waals surface area contributed by atoms with Gasteiger partial charge in [0.15, 0.2) is 5.78 Å². The van der Waals surface area contributed by atoms with Crippen molar-refractivity contribution in [3.05, 3.63) is 0 Å². The standard InChI is InChI=1S/C24H48O3/c1-6-7-8-15-18-22(27-21(2)3)19-16-13-11-9-10-12-14-17-20-23(25)24(4,5)26/h21-22,26H,6-20H2,1-5H3. The van der Waals surface area contributed by atoms with E-state index in [1.807, 2.05) is 0 Å². The van der Waals surface area contributed by atoms with Crippen LogP contribution >= 0.6 is 0 Å². The highest BCUT2D eigenvalue weighted by molar-refractivity contribution is 5.86. The molecule has 0 heterocycles. The number of Topliss-reactive ketones (excluding diaryl/α,β-unsaturated/α-hetero) is 1. The average Bonchev–Trinajstić information content (AvgIpc) is 2.58. The van der Waals surface area contributed by atoms with Crippen molar-refractivity contribution in [1.29, 1.82) is 0 Å². The third kappa shape index (κ3) is 17.4. The van der Waals surface area contributed by atoms with Crippen LogP contribution in [0.1, 0.15) is 131 Å². The topological polar surface area (TPSA) is 46.5 Å². The van der Waals surface area contributed by atoms with Crippen LogP contribution in [0.25, 0.3) is 0 Å². The van der Waals surface area contributed by atoms with E-state index in [-0.39, 0.29) is 5.78 Å². The molecular weight excluding hydrogens is 336 g/mol. The van der Waals surface area contributed by atoms with E-state index in [0.717, 1.165) is 12.8 Å². The molecule has 3 nitrogen and oxygen atoms in total. The summed E-state index contributed by atoms with van der Waals surface area (Å²) in [7, 11) is 0. The van der Waals surface area contributed by atoms with Crippen molar-refractivity contribution in [2.45, 2.75) is 149 Å². The number of hydrogen-bond donors (Lipinski definition) is 1. The van der Waals surface area contributed by atoms with Crippen molar-refractivity contribution in [1.82, 2.24) is 0 Å². The highest BCUT2D eigenvalue weighted by atomic mass is 16.5. The molecule has 27 heavy (non-hydrogen) atoms. The minimum absolute atomic E-state index is 0.0321. The van der Waals surface area contributed by atoms with E-state index in [9.17, 15) is 9.90 Å². The van der Waals surface area contributed by atoms with Gasteiger partial charge in [0.05, 0.1) is 12.2 Å². The molecule has 0 rings (SSSR count). The van der Waals surface area contributed by atoms with E-state index >= 15 is 0 Å². The molecule has 0 amide bonds. The Morgan fingerprint density at radius 1 is 0.815 bits per heavy atom. The summed E-state index contributed by atoms with van der Waals surface area (Å²) in [5, 5.41) is 9.61. The van der Waals surface area contributed by atoms with E-state index in [1.54, 1.807) is 13.8 Å². The summed E-state index contributed by atoms with van der Waals surface area (Å²) in [5.74, 6) is -0.0321. The molecular formula is C24H48O3. The number of unbranched alkanes of at least 4 members (excludes halogenated alkanes) is 10. The van der Waals surface area contributed by atoms with Crippen LogP contribution in [-0.4, -0.2) is 28.7 Å². The Hall–Kier alpha value is -0.410. The van der Waals surface area contributed by atoms with Crippen molar-refractivity contribution >= 4 is 5.78 Å². The fourth-order valence-corrected chi connectivity index (χ4v) is 3.49. The molecule has 0 saturated carbocycles. The van der Waals surface area contributed by atoms with Gasteiger partial charge in [0.2, 0.25) is 0 Å². The Morgan fingerprint density at radius 3 is 1.70 bits per heavy atom. The van der Waals surface area contributed by atoms with Crippen molar-refractivity contribution in [3.63, 3.8) is 0 Å². The van der Waals surface area contributed by atoms with E-state index in [1.165, 1.54) is 77.0 Å². The summed E-state index contributed by atoms with van der Waals surface area (Å²) in [6, 6.07) is 0. The first kappa shape index (κ1) is 26.6. The Morgan fingerprint density at radius 2 is 1.26 bits per heavy atom. The van der Waals surface area contributed by atoms with Crippen LogP contribution in [0, 0.1) is 0 Å². The van der Waals surface area contributed by atoms with Gasteiger partial charge >= 0.3 is 0 Å². The molecule has 1 N–H and O–H groups in total. The molecule has 0 aliphatic rings. The molecule has 0 aliphatic carbocycles. The van der Waals surface area contributed by atoms with Gasteiger partial charge in [-0.15, -0.1) is 0 Å². The SMILES string of the molecule is CCCCCCC(CCCCCCCCCCC(=O)C(C)(C)O)OC(C)C. The molecule has 0 fully saturated rings. The van der Waals surface area contributed by atoms with Crippen molar-refractivity contribution in [2.75, 3.05) is 0 Å². The fourth-order valence-electron chi connectivity index (χ4n) is 3.49. The van der Waals surface area contributed by atoms with Crippen LogP contribution in [-0.2, 0) is 9.53 Å². The van der Waals surface area contributed by atoms with Gasteiger partial charge in [-0.2, -0.15) is 0 Å². The van der Waals surface area contributed by atoms with Gasteiger partial charge in [-0.05, 0) is 47.0 Å². The maximum Gasteiger partial charge on any atom is 0.163 e. The molecule has 3 heteroatoms. The predicted molar refractivity (Wildman–Crippen MR) is 116 cm³/mol. The van der Waals surface area contributed by atoms with Crippen molar-refractivity contribution in [3.8, 4) is 0 Å². The summed E-state index contributed by atoms with van der Waals surface area (Å²) in [5.41, 5.74) is -1.16. The lowest BCUT2D eigenvalue weighted by Gasteiger charge is -2.20. The molecule has 0 aromatic heterocycles. The van der Waals surface area contributed by atoms with E-state index < -0.39 is 5.60 Å². The average molecular weight is 385 g/mol. The molecule has 0 saturated heterocycles. The molecule has 1 unspecified atom stereocenters. The van der Waals surface area contributed by atoms with Crippen LogP contribution in [0.15, 0.2) is 0 Å². The number of carbonyl (C=O) groups is 1. The summed E-state index contributed by atoms with van der Waals surface area (Å²) >= 11 is 0. The number of aliphatic hydroxyl groups is 1. The van der Waals surface area contributed by atoms with Gasteiger partial charge < -0.3 is 9.84 Å². The summed E-state index contributed by atoms with van der Waals surface area (Å²) < 4.78 is 6.10. The highest BCUT2D eigenvalue weighted by Gasteiger charge is 2.22. The lowest BCUT2D eigenvalue weighted by atomic mass is 9.98. The number of ether oxygens (including phenoxy) is 1. The minimum Gasteiger partial charge on any atom is -0.383 e. The molecule has 0 aromatic carbocycles. The second-order valence-electron chi connectivity index (χ2n) is 9.01. The smallest absolute Gasteiger partial charge is 0.163 e. The molecule has 0 spiro atoms. The minimum atomic E-state index is -1.16. The molecule has 0 radical (unpaired) electrons. The number of carbonyl (C=O) groups excluding carboxylic acids is 1. The van der Waals surface area contributed by atoms with Crippen LogP contribution in [0.4, 0.5) is 0 Å². The van der Waals surface area contributed by atoms with E-state index in [2.05, 4.69) is 20.8 Å². The van der Waals surface area contributed by atoms with E-state index in [0.29, 0.717) is 18.6 Å². The Kier molecular flexibility index (Phi) is 16.3. The van der Waals surface area contributed by atoms with Gasteiger partial charge in [-0.3, -0.25) is 4.79 Å². The largest absolute Gasteiger partial charge is 0.383 e. The first-order valence-corrected chi connectivity index (χ1v) is 11.7. The zero-order chi connectivity index (χ0) is 20.5. The first-order chi connectivity index (χ1) is 12.8. The lowest BCUT2D eigenvalue weighted by molar-refractivity contribution is -0.134. The zero-order valence-corrected chi connectivity index (χ0v) is 19.0. The number of ketones is 1. The fraction of sp³-hybridized carbons (Fsp3) is 0.958. The summed E-state index contributed by atoms with van der Waals surface area (Å²) in [4.78, 5) is 11.6. The van der Waals surface area contributed by atoms with Crippen LogP contribution in [0.3, 0.4) is 0 Å². The molecule has 1 atom stereocenters. The second kappa shape index (κ2) is 16.5. The van der Waals surface area contributed by atoms with Gasteiger partial charge in [0, 0.05) is 6.42 Å². The van der Waals surface area contributed by atoms with Crippen molar-refractivity contribution in [2.24, 2.45) is 0 Å². The van der Waals surface area contributed by atoms with Crippen LogP contribution in [0.2, 0.25) is 0 Å². The Labute approximate surface area is 169 Å². The van der Waals surface area contributed by atoms with Crippen LogP contribution in [0.5, 0.6) is 0 Å². The summed E-state index contributed by atoms with van der Waals surface area (Å²) in [6.07, 6.45) is 18.7. The Bertz CT molecular complexity index is 344. The van der Waals surface area contributed by atoms with Gasteiger partial charge in [0.25, 0.3) is 0 Å². The Balaban J connectivity index is 3.59. The predicted octanol–water partition coefficient (Wildman–Crippen LogP) is 6.99. The molecule has 0 aromatic rings. The van der Waals surface area contributed by atoms with Gasteiger partial charge in [-0.1, -0.05) is 77.6 Å². The lowest BCUT2D eigenvalue weighted by Crippen LogP contribution is -2.30. The highest BCUT2D eigenvalue weighted by Crippen LogP contribution is 2.18. The number of hydrogen-bond acceptors (Lipinski definition) is 3. The maximum atomic E-state index is 11.6. The third-order valence-electron chi connectivity index (χ3n) is 5.21. The van der Waals surface area contributed by atoms with Crippen molar-refractivity contribution < 1.29 is 14.6 Å². The quantitative estimate of drug-likeness (QED) is 0.244. The van der Waals surface area contributed by atoms with E-state index in [4.69, 9.17) is 4.74 Å². The first-order valence-electron chi connectivity index (χ1n) is 11.7.